The summed E-state index contributed by atoms with van der Waals surface area (Å²) in [4.78, 5) is 0. The van der Waals surface area contributed by atoms with Crippen LogP contribution in [0, 0.1) is 13.8 Å². The van der Waals surface area contributed by atoms with E-state index in [0.29, 0.717) is 19.2 Å². The van der Waals surface area contributed by atoms with Gasteiger partial charge < -0.3 is 15.2 Å². The predicted molar refractivity (Wildman–Crippen MR) is 69.3 cm³/mol. The fourth-order valence-corrected chi connectivity index (χ4v) is 1.49. The second kappa shape index (κ2) is 6.62. The number of rotatable bonds is 6. The van der Waals surface area contributed by atoms with Crippen LogP contribution in [0.2, 0.25) is 0 Å². The van der Waals surface area contributed by atoms with Gasteiger partial charge in [-0.25, -0.2) is 0 Å². The van der Waals surface area contributed by atoms with Gasteiger partial charge in [-0.3, -0.25) is 0 Å². The van der Waals surface area contributed by atoms with Crippen molar-refractivity contribution >= 4 is 0 Å². The highest BCUT2D eigenvalue weighted by Crippen LogP contribution is 2.16. The molecule has 0 amide bonds. The number of hydrogen-bond acceptors (Lipinski definition) is 2. The monoisotopic (exact) mass is 238 g/mol. The van der Waals surface area contributed by atoms with Crippen LogP contribution < -0.4 is 10.1 Å². The quantitative estimate of drug-likeness (QED) is 0.777. The maximum Gasteiger partial charge on any atom is 0.137 e. The Kier molecular flexibility index (Phi) is 5.45. The van der Waals surface area contributed by atoms with Gasteiger partial charge in [0.2, 0.25) is 0 Å². The van der Waals surface area contributed by atoms with E-state index in [1.807, 2.05) is 18.2 Å². The van der Waals surface area contributed by atoms with E-state index in [4.69, 9.17) is 4.74 Å². The van der Waals surface area contributed by atoms with Crippen LogP contribution in [-0.4, -0.2) is 30.4 Å². The van der Waals surface area contributed by atoms with Gasteiger partial charge >= 0.3 is 0 Å². The van der Waals surface area contributed by atoms with E-state index in [1.54, 1.807) is 0 Å². The maximum absolute atomic E-state index is 9.73. The minimum absolute atomic E-state index is 0.353. The third-order valence-corrected chi connectivity index (χ3v) is 2.80. The standard InChI is InChI=1S/C14H23NO2/c1-10(2)15-8-13(16)9-17-14-6-5-11(3)12(4)7-14/h5-7,10,13,15-16H,8-9H2,1-4H3/p+1/t13-/m1/s1. The first-order valence-electron chi connectivity index (χ1n) is 6.20. The topological polar surface area (TPSA) is 46.1 Å². The van der Waals surface area contributed by atoms with E-state index in [-0.39, 0.29) is 0 Å². The van der Waals surface area contributed by atoms with Crippen molar-refractivity contribution in [2.75, 3.05) is 13.2 Å². The molecule has 0 radical (unpaired) electrons. The van der Waals surface area contributed by atoms with Gasteiger partial charge in [0.05, 0.1) is 6.04 Å². The average Bonchev–Trinajstić information content (AvgIpc) is 2.28. The molecule has 0 spiro atoms. The predicted octanol–water partition coefficient (Wildman–Crippen LogP) is 1.01. The van der Waals surface area contributed by atoms with Crippen LogP contribution in [0.3, 0.4) is 0 Å². The van der Waals surface area contributed by atoms with Crippen LogP contribution in [0.15, 0.2) is 18.2 Å². The molecule has 3 heteroatoms. The van der Waals surface area contributed by atoms with Crippen molar-refractivity contribution in [3.63, 3.8) is 0 Å². The molecule has 17 heavy (non-hydrogen) atoms. The Morgan fingerprint density at radius 3 is 2.53 bits per heavy atom. The van der Waals surface area contributed by atoms with Crippen LogP contribution in [-0.2, 0) is 0 Å². The van der Waals surface area contributed by atoms with Gasteiger partial charge in [0, 0.05) is 0 Å². The van der Waals surface area contributed by atoms with Gasteiger partial charge in [-0.1, -0.05) is 6.07 Å². The number of aliphatic hydroxyl groups is 1. The van der Waals surface area contributed by atoms with Crippen molar-refractivity contribution in [2.24, 2.45) is 0 Å². The number of ether oxygens (including phenoxy) is 1. The zero-order valence-electron chi connectivity index (χ0n) is 11.2. The van der Waals surface area contributed by atoms with Crippen LogP contribution >= 0.6 is 0 Å². The van der Waals surface area contributed by atoms with Crippen molar-refractivity contribution in [2.45, 2.75) is 39.8 Å². The first kappa shape index (κ1) is 14.0. The Morgan fingerprint density at radius 1 is 1.24 bits per heavy atom. The summed E-state index contributed by atoms with van der Waals surface area (Å²) in [6.07, 6.45) is -0.418. The lowest BCUT2D eigenvalue weighted by Crippen LogP contribution is -2.90. The number of quaternary nitrogens is 1. The van der Waals surface area contributed by atoms with E-state index >= 15 is 0 Å². The second-order valence-corrected chi connectivity index (χ2v) is 4.93. The van der Waals surface area contributed by atoms with Crippen LogP contribution in [0.25, 0.3) is 0 Å². The Morgan fingerprint density at radius 2 is 1.94 bits per heavy atom. The van der Waals surface area contributed by atoms with E-state index in [1.165, 1.54) is 11.1 Å². The highest BCUT2D eigenvalue weighted by Gasteiger charge is 2.08. The first-order chi connectivity index (χ1) is 7.99. The Labute approximate surface area is 104 Å². The fraction of sp³-hybridized carbons (Fsp3) is 0.571. The molecule has 3 nitrogen and oxygen atoms in total. The summed E-state index contributed by atoms with van der Waals surface area (Å²) in [6.45, 7) is 9.39. The van der Waals surface area contributed by atoms with E-state index in [9.17, 15) is 5.11 Å². The molecule has 0 unspecified atom stereocenters. The summed E-state index contributed by atoms with van der Waals surface area (Å²) in [5.41, 5.74) is 2.47. The molecule has 0 saturated carbocycles. The molecule has 0 bridgehead atoms. The normalized spacial score (nSPS) is 12.8. The van der Waals surface area contributed by atoms with Crippen molar-refractivity contribution in [3.8, 4) is 5.75 Å². The lowest BCUT2D eigenvalue weighted by Gasteiger charge is -2.13. The average molecular weight is 238 g/mol. The van der Waals surface area contributed by atoms with Crippen LogP contribution in [0.1, 0.15) is 25.0 Å². The van der Waals surface area contributed by atoms with Gasteiger partial charge in [-0.15, -0.1) is 0 Å². The Hall–Kier alpha value is -1.06. The minimum atomic E-state index is -0.418. The molecule has 0 fully saturated rings. The fourth-order valence-electron chi connectivity index (χ4n) is 1.49. The van der Waals surface area contributed by atoms with Crippen molar-refractivity contribution in [3.05, 3.63) is 29.3 Å². The van der Waals surface area contributed by atoms with E-state index in [0.717, 1.165) is 5.75 Å². The zero-order valence-corrected chi connectivity index (χ0v) is 11.2. The number of aryl methyl sites for hydroxylation is 2. The molecule has 0 heterocycles. The number of hydrogen-bond donors (Lipinski definition) is 2. The summed E-state index contributed by atoms with van der Waals surface area (Å²) < 4.78 is 5.57. The van der Waals surface area contributed by atoms with Crippen LogP contribution in [0.4, 0.5) is 0 Å². The van der Waals surface area contributed by atoms with Crippen molar-refractivity contribution in [1.82, 2.24) is 0 Å². The third-order valence-electron chi connectivity index (χ3n) is 2.80. The van der Waals surface area contributed by atoms with E-state index in [2.05, 4.69) is 33.0 Å². The lowest BCUT2D eigenvalue weighted by molar-refractivity contribution is -0.688. The number of nitrogens with two attached hydrogens (primary N) is 1. The summed E-state index contributed by atoms with van der Waals surface area (Å²) in [7, 11) is 0. The molecule has 1 atom stereocenters. The molecule has 3 N–H and O–H groups in total. The van der Waals surface area contributed by atoms with Gasteiger partial charge in [-0.2, -0.15) is 0 Å². The van der Waals surface area contributed by atoms with E-state index < -0.39 is 6.10 Å². The highest BCUT2D eigenvalue weighted by molar-refractivity contribution is 5.33. The molecule has 96 valence electrons. The SMILES string of the molecule is Cc1ccc(OC[C@H](O)C[NH2+]C(C)C)cc1C. The maximum atomic E-state index is 9.73. The summed E-state index contributed by atoms with van der Waals surface area (Å²) in [6, 6.07) is 6.50. The lowest BCUT2D eigenvalue weighted by atomic mass is 10.1. The molecule has 1 rings (SSSR count). The molecule has 0 aliphatic carbocycles. The zero-order chi connectivity index (χ0) is 12.8. The summed E-state index contributed by atoms with van der Waals surface area (Å²) in [5.74, 6) is 0.830. The molecule has 1 aromatic rings. The molecular formula is C14H24NO2+. The summed E-state index contributed by atoms with van der Waals surface area (Å²) >= 11 is 0. The molecule has 0 aliphatic heterocycles. The molecule has 0 saturated heterocycles. The Bertz CT molecular complexity index is 350. The number of aliphatic hydroxyl groups excluding tert-OH is 1. The molecule has 1 aromatic carbocycles. The van der Waals surface area contributed by atoms with Gasteiger partial charge in [-0.05, 0) is 51.0 Å². The molecular weight excluding hydrogens is 214 g/mol. The largest absolute Gasteiger partial charge is 0.491 e. The Balaban J connectivity index is 2.36. The van der Waals surface area contributed by atoms with Crippen molar-refractivity contribution < 1.29 is 15.2 Å². The van der Waals surface area contributed by atoms with Gasteiger partial charge in [0.1, 0.15) is 25.0 Å². The molecule has 0 aromatic heterocycles. The van der Waals surface area contributed by atoms with Crippen LogP contribution in [0.5, 0.6) is 5.75 Å². The number of benzene rings is 1. The summed E-state index contributed by atoms with van der Waals surface area (Å²) in [5, 5.41) is 11.8. The molecule has 0 aliphatic rings. The smallest absolute Gasteiger partial charge is 0.137 e. The highest BCUT2D eigenvalue weighted by atomic mass is 16.5. The van der Waals surface area contributed by atoms with Crippen molar-refractivity contribution in [1.29, 1.82) is 0 Å². The van der Waals surface area contributed by atoms with Gasteiger partial charge in [0.25, 0.3) is 0 Å². The third kappa shape index (κ3) is 5.20. The minimum Gasteiger partial charge on any atom is -0.491 e. The second-order valence-electron chi connectivity index (χ2n) is 4.93. The first-order valence-corrected chi connectivity index (χ1v) is 6.20. The van der Waals surface area contributed by atoms with Gasteiger partial charge in [0.15, 0.2) is 0 Å².